The summed E-state index contributed by atoms with van der Waals surface area (Å²) >= 11 is 0. The van der Waals surface area contributed by atoms with E-state index in [0.29, 0.717) is 23.2 Å². The summed E-state index contributed by atoms with van der Waals surface area (Å²) < 4.78 is 18.0. The molecule has 4 aromatic rings. The Morgan fingerprint density at radius 2 is 1.78 bits per heavy atom. The summed E-state index contributed by atoms with van der Waals surface area (Å²) in [6.45, 7) is 6.92. The van der Waals surface area contributed by atoms with Crippen LogP contribution in [0, 0.1) is 11.4 Å². The van der Waals surface area contributed by atoms with Gasteiger partial charge < -0.3 is 0 Å². The van der Waals surface area contributed by atoms with E-state index < -0.39 is 5.95 Å². The molecule has 4 nitrogen and oxygen atoms in total. The zero-order chi connectivity index (χ0) is 19.3. The molecular weight excluding hydrogens is 341 g/mol. The van der Waals surface area contributed by atoms with E-state index in [4.69, 9.17) is 0 Å². The summed E-state index contributed by atoms with van der Waals surface area (Å²) in [5, 5.41) is 0.883. The predicted octanol–water partition coefficient (Wildman–Crippen LogP) is 4.74. The van der Waals surface area contributed by atoms with Crippen molar-refractivity contribution in [3.63, 3.8) is 0 Å². The standard InChI is InChI=1S/C22H22FN3O/c1-22(2,3)13-26-18-10-9-14(12-19(18)25(4)21(26)27)16-11-15-7-5-6-8-17(15)24-20(16)23/h5-12H,13H2,1-4H3. The summed E-state index contributed by atoms with van der Waals surface area (Å²) in [6.07, 6.45) is 0. The summed E-state index contributed by atoms with van der Waals surface area (Å²) in [5.41, 5.74) is 3.33. The topological polar surface area (TPSA) is 39.8 Å². The van der Waals surface area contributed by atoms with Crippen molar-refractivity contribution in [2.45, 2.75) is 27.3 Å². The van der Waals surface area contributed by atoms with Crippen LogP contribution in [-0.2, 0) is 13.6 Å². The molecule has 0 fully saturated rings. The van der Waals surface area contributed by atoms with Crippen LogP contribution in [0.25, 0.3) is 33.1 Å². The summed E-state index contributed by atoms with van der Waals surface area (Å²) in [7, 11) is 1.75. The van der Waals surface area contributed by atoms with E-state index in [1.54, 1.807) is 22.2 Å². The molecule has 2 heterocycles. The van der Waals surface area contributed by atoms with E-state index in [-0.39, 0.29) is 11.1 Å². The Bertz CT molecular complexity index is 1230. The lowest BCUT2D eigenvalue weighted by molar-refractivity contribution is 0.342. The third-order valence-electron chi connectivity index (χ3n) is 4.77. The van der Waals surface area contributed by atoms with E-state index in [1.807, 2.05) is 42.5 Å². The highest BCUT2D eigenvalue weighted by molar-refractivity contribution is 5.87. The van der Waals surface area contributed by atoms with Crippen molar-refractivity contribution in [1.29, 1.82) is 0 Å². The van der Waals surface area contributed by atoms with E-state index in [1.165, 1.54) is 0 Å². The molecule has 138 valence electrons. The molecule has 27 heavy (non-hydrogen) atoms. The smallest absolute Gasteiger partial charge is 0.295 e. The van der Waals surface area contributed by atoms with Gasteiger partial charge in [-0.1, -0.05) is 45.0 Å². The van der Waals surface area contributed by atoms with Crippen molar-refractivity contribution < 1.29 is 4.39 Å². The quantitative estimate of drug-likeness (QED) is 0.483. The minimum absolute atomic E-state index is 0.0227. The second kappa shape index (κ2) is 6.05. The molecule has 0 radical (unpaired) electrons. The van der Waals surface area contributed by atoms with Gasteiger partial charge in [0.05, 0.1) is 16.6 Å². The summed E-state index contributed by atoms with van der Waals surface area (Å²) in [5.74, 6) is -0.507. The number of hydrogen-bond donors (Lipinski definition) is 0. The molecule has 0 saturated heterocycles. The molecule has 2 aromatic heterocycles. The molecule has 2 aromatic carbocycles. The van der Waals surface area contributed by atoms with Gasteiger partial charge in [-0.25, -0.2) is 9.78 Å². The Morgan fingerprint density at radius 3 is 2.52 bits per heavy atom. The van der Waals surface area contributed by atoms with Crippen LogP contribution < -0.4 is 5.69 Å². The van der Waals surface area contributed by atoms with Crippen LogP contribution in [0.1, 0.15) is 20.8 Å². The number of hydrogen-bond acceptors (Lipinski definition) is 2. The fourth-order valence-electron chi connectivity index (χ4n) is 3.50. The Balaban J connectivity index is 1.91. The molecule has 0 aliphatic heterocycles. The van der Waals surface area contributed by atoms with Crippen molar-refractivity contribution in [2.75, 3.05) is 0 Å². The molecular formula is C22H22FN3O. The van der Waals surface area contributed by atoms with Crippen molar-refractivity contribution in [1.82, 2.24) is 14.1 Å². The molecule has 0 unspecified atom stereocenters. The number of pyridine rings is 1. The predicted molar refractivity (Wildman–Crippen MR) is 107 cm³/mol. The van der Waals surface area contributed by atoms with E-state index >= 15 is 0 Å². The molecule has 0 bridgehead atoms. The Morgan fingerprint density at radius 1 is 1.04 bits per heavy atom. The SMILES string of the molecule is Cn1c(=O)n(CC(C)(C)C)c2ccc(-c3cc4ccccc4nc3F)cc21. The summed E-state index contributed by atoms with van der Waals surface area (Å²) in [6, 6.07) is 14.9. The number of benzene rings is 2. The van der Waals surface area contributed by atoms with Crippen molar-refractivity contribution >= 4 is 21.9 Å². The number of halogens is 1. The average Bonchev–Trinajstić information content (AvgIpc) is 2.84. The van der Waals surface area contributed by atoms with Crippen molar-refractivity contribution in [3.05, 3.63) is 65.0 Å². The molecule has 5 heteroatoms. The molecule has 0 atom stereocenters. The van der Waals surface area contributed by atoms with Gasteiger partial charge in [0.15, 0.2) is 0 Å². The lowest BCUT2D eigenvalue weighted by Crippen LogP contribution is -2.27. The highest BCUT2D eigenvalue weighted by Gasteiger charge is 2.18. The molecule has 0 N–H and O–H groups in total. The molecule has 0 amide bonds. The highest BCUT2D eigenvalue weighted by Crippen LogP contribution is 2.29. The Labute approximate surface area is 156 Å². The van der Waals surface area contributed by atoms with Crippen LogP contribution >= 0.6 is 0 Å². The van der Waals surface area contributed by atoms with Gasteiger partial charge in [0.1, 0.15) is 0 Å². The van der Waals surface area contributed by atoms with Gasteiger partial charge in [0.2, 0.25) is 5.95 Å². The lowest BCUT2D eigenvalue weighted by Gasteiger charge is -2.18. The molecule has 4 rings (SSSR count). The van der Waals surface area contributed by atoms with Crippen LogP contribution in [0.4, 0.5) is 4.39 Å². The maximum atomic E-state index is 14.6. The average molecular weight is 363 g/mol. The fourth-order valence-corrected chi connectivity index (χ4v) is 3.50. The van der Waals surface area contributed by atoms with E-state index in [2.05, 4.69) is 25.8 Å². The van der Waals surface area contributed by atoms with Crippen LogP contribution in [0.5, 0.6) is 0 Å². The number of imidazole rings is 1. The molecule has 0 aliphatic carbocycles. The van der Waals surface area contributed by atoms with E-state index in [0.717, 1.165) is 16.4 Å². The van der Waals surface area contributed by atoms with E-state index in [9.17, 15) is 9.18 Å². The largest absolute Gasteiger partial charge is 0.328 e. The number of rotatable bonds is 2. The monoisotopic (exact) mass is 363 g/mol. The number of fused-ring (bicyclic) bond motifs is 2. The molecule has 0 aliphatic rings. The van der Waals surface area contributed by atoms with Gasteiger partial charge in [-0.3, -0.25) is 9.13 Å². The number of aryl methyl sites for hydroxylation is 1. The van der Waals surface area contributed by atoms with Gasteiger partial charge in [0.25, 0.3) is 0 Å². The number of nitrogens with zero attached hydrogens (tertiary/aromatic N) is 3. The van der Waals surface area contributed by atoms with Crippen molar-refractivity contribution in [3.8, 4) is 11.1 Å². The van der Waals surface area contributed by atoms with Gasteiger partial charge in [-0.15, -0.1) is 0 Å². The lowest BCUT2D eigenvalue weighted by atomic mass is 9.97. The molecule has 0 saturated carbocycles. The second-order valence-corrected chi connectivity index (χ2v) is 8.21. The van der Waals surface area contributed by atoms with Gasteiger partial charge in [-0.2, -0.15) is 4.39 Å². The Hall–Kier alpha value is -2.95. The zero-order valence-electron chi connectivity index (χ0n) is 16.0. The molecule has 0 spiro atoms. The van der Waals surface area contributed by atoms with Crippen LogP contribution in [0.2, 0.25) is 0 Å². The second-order valence-electron chi connectivity index (χ2n) is 8.21. The van der Waals surface area contributed by atoms with Gasteiger partial charge >= 0.3 is 5.69 Å². The zero-order valence-corrected chi connectivity index (χ0v) is 16.0. The minimum atomic E-state index is -0.507. The number of aromatic nitrogens is 3. The van der Waals surface area contributed by atoms with Gasteiger partial charge in [0, 0.05) is 24.5 Å². The minimum Gasteiger partial charge on any atom is -0.295 e. The van der Waals surface area contributed by atoms with Crippen LogP contribution in [-0.4, -0.2) is 14.1 Å². The maximum absolute atomic E-state index is 14.6. The highest BCUT2D eigenvalue weighted by atomic mass is 19.1. The first kappa shape index (κ1) is 17.5. The first-order chi connectivity index (χ1) is 12.7. The first-order valence-electron chi connectivity index (χ1n) is 8.99. The fraction of sp³-hybridized carbons (Fsp3) is 0.273. The third-order valence-corrected chi connectivity index (χ3v) is 4.77. The first-order valence-corrected chi connectivity index (χ1v) is 8.99. The van der Waals surface area contributed by atoms with Crippen molar-refractivity contribution in [2.24, 2.45) is 12.5 Å². The Kier molecular flexibility index (Phi) is 3.91. The normalized spacial score (nSPS) is 12.2. The van der Waals surface area contributed by atoms with Crippen LogP contribution in [0.3, 0.4) is 0 Å². The summed E-state index contributed by atoms with van der Waals surface area (Å²) in [4.78, 5) is 16.8. The maximum Gasteiger partial charge on any atom is 0.328 e. The van der Waals surface area contributed by atoms with Crippen LogP contribution in [0.15, 0.2) is 53.3 Å². The third kappa shape index (κ3) is 3.03. The number of para-hydroxylation sites is 1. The van der Waals surface area contributed by atoms with Gasteiger partial charge in [-0.05, 0) is 35.2 Å².